The van der Waals surface area contributed by atoms with Crippen LogP contribution in [-0.2, 0) is 0 Å². The Morgan fingerprint density at radius 2 is 2.05 bits per heavy atom. The number of aromatic nitrogens is 1. The van der Waals surface area contributed by atoms with E-state index in [-0.39, 0.29) is 0 Å². The maximum Gasteiger partial charge on any atom is 0.133 e. The van der Waals surface area contributed by atoms with Gasteiger partial charge in [-0.3, -0.25) is 4.90 Å². The Kier molecular flexibility index (Phi) is 4.56. The number of hydrogen-bond donors (Lipinski definition) is 0. The van der Waals surface area contributed by atoms with Crippen LogP contribution in [0.3, 0.4) is 0 Å². The quantitative estimate of drug-likeness (QED) is 0.817. The molecule has 2 aliphatic heterocycles. The second-order valence-electron chi connectivity index (χ2n) is 6.16. The van der Waals surface area contributed by atoms with Crippen molar-refractivity contribution < 1.29 is 0 Å². The van der Waals surface area contributed by atoms with Gasteiger partial charge in [-0.05, 0) is 51.3 Å². The molecule has 0 spiro atoms. The monoisotopic (exact) mass is 273 g/mol. The molecular formula is C17H27N3. The van der Waals surface area contributed by atoms with Gasteiger partial charge in [0.1, 0.15) is 5.82 Å². The van der Waals surface area contributed by atoms with Crippen molar-refractivity contribution in [3.05, 3.63) is 23.9 Å². The van der Waals surface area contributed by atoms with Crippen molar-refractivity contribution in [1.82, 2.24) is 9.88 Å². The van der Waals surface area contributed by atoms with E-state index in [1.165, 1.54) is 76.1 Å². The van der Waals surface area contributed by atoms with Crippen LogP contribution in [0.25, 0.3) is 0 Å². The lowest BCUT2D eigenvalue weighted by molar-refractivity contribution is 0.253. The number of rotatable bonds is 5. The van der Waals surface area contributed by atoms with Gasteiger partial charge in [-0.1, -0.05) is 19.4 Å². The van der Waals surface area contributed by atoms with Crippen LogP contribution in [-0.4, -0.2) is 36.1 Å². The van der Waals surface area contributed by atoms with E-state index in [2.05, 4.69) is 28.9 Å². The standard InChI is InChI=1S/C17H27N3/c1-2-3-11-19-14-7-9-16(19)15-8-6-10-18-17(15)20-12-4-5-13-20/h6,8,10,16H,2-5,7,9,11-14H2,1H3/t16-/m1/s1. The Hall–Kier alpha value is -1.09. The predicted molar refractivity (Wildman–Crippen MR) is 84.1 cm³/mol. The zero-order valence-electron chi connectivity index (χ0n) is 12.7. The zero-order valence-corrected chi connectivity index (χ0v) is 12.7. The molecule has 20 heavy (non-hydrogen) atoms. The molecule has 0 bridgehead atoms. The van der Waals surface area contributed by atoms with E-state index in [4.69, 9.17) is 4.98 Å². The first kappa shape index (κ1) is 13.9. The van der Waals surface area contributed by atoms with Gasteiger partial charge in [-0.15, -0.1) is 0 Å². The van der Waals surface area contributed by atoms with Crippen molar-refractivity contribution in [3.8, 4) is 0 Å². The summed E-state index contributed by atoms with van der Waals surface area (Å²) in [4.78, 5) is 9.89. The molecule has 3 rings (SSSR count). The second-order valence-corrected chi connectivity index (χ2v) is 6.16. The fraction of sp³-hybridized carbons (Fsp3) is 0.706. The smallest absolute Gasteiger partial charge is 0.133 e. The van der Waals surface area contributed by atoms with Gasteiger partial charge >= 0.3 is 0 Å². The SMILES string of the molecule is CCCCN1CCC[C@@H]1c1cccnc1N1CCCC1. The molecule has 1 aromatic heterocycles. The van der Waals surface area contributed by atoms with E-state index in [1.807, 2.05) is 6.20 Å². The third-order valence-electron chi connectivity index (χ3n) is 4.74. The van der Waals surface area contributed by atoms with Crippen LogP contribution in [0.15, 0.2) is 18.3 Å². The maximum absolute atomic E-state index is 4.72. The number of pyridine rings is 1. The first-order chi connectivity index (χ1) is 9.90. The summed E-state index contributed by atoms with van der Waals surface area (Å²) in [5.74, 6) is 1.26. The van der Waals surface area contributed by atoms with Gasteiger partial charge in [0, 0.05) is 30.9 Å². The molecule has 0 amide bonds. The van der Waals surface area contributed by atoms with Gasteiger partial charge in [-0.2, -0.15) is 0 Å². The molecule has 3 nitrogen and oxygen atoms in total. The van der Waals surface area contributed by atoms with Crippen LogP contribution < -0.4 is 4.90 Å². The molecule has 1 atom stereocenters. The van der Waals surface area contributed by atoms with E-state index in [9.17, 15) is 0 Å². The first-order valence-corrected chi connectivity index (χ1v) is 8.34. The minimum absolute atomic E-state index is 0.603. The van der Waals surface area contributed by atoms with Crippen LogP contribution in [0.1, 0.15) is 57.1 Å². The van der Waals surface area contributed by atoms with Gasteiger partial charge in [0.25, 0.3) is 0 Å². The Morgan fingerprint density at radius 3 is 2.85 bits per heavy atom. The predicted octanol–water partition coefficient (Wildman–Crippen LogP) is 3.62. The molecule has 0 N–H and O–H groups in total. The molecule has 0 unspecified atom stereocenters. The lowest BCUT2D eigenvalue weighted by Gasteiger charge is -2.28. The number of anilines is 1. The molecule has 2 aliphatic rings. The minimum Gasteiger partial charge on any atom is -0.356 e. The first-order valence-electron chi connectivity index (χ1n) is 8.34. The van der Waals surface area contributed by atoms with Crippen molar-refractivity contribution >= 4 is 5.82 Å². The minimum atomic E-state index is 0.603. The van der Waals surface area contributed by atoms with E-state index in [0.717, 1.165) is 0 Å². The molecule has 2 fully saturated rings. The van der Waals surface area contributed by atoms with Crippen LogP contribution in [0.2, 0.25) is 0 Å². The highest BCUT2D eigenvalue weighted by molar-refractivity contribution is 5.49. The molecule has 3 heterocycles. The van der Waals surface area contributed by atoms with Crippen molar-refractivity contribution in [2.24, 2.45) is 0 Å². The van der Waals surface area contributed by atoms with Crippen molar-refractivity contribution in [1.29, 1.82) is 0 Å². The van der Waals surface area contributed by atoms with Gasteiger partial charge in [0.15, 0.2) is 0 Å². The topological polar surface area (TPSA) is 19.4 Å². The Balaban J connectivity index is 1.81. The summed E-state index contributed by atoms with van der Waals surface area (Å²) in [6, 6.07) is 5.03. The van der Waals surface area contributed by atoms with Crippen molar-refractivity contribution in [2.45, 2.75) is 51.5 Å². The third-order valence-corrected chi connectivity index (χ3v) is 4.74. The van der Waals surface area contributed by atoms with Crippen LogP contribution >= 0.6 is 0 Å². The molecule has 3 heteroatoms. The molecule has 0 saturated carbocycles. The van der Waals surface area contributed by atoms with Gasteiger partial charge in [0.05, 0.1) is 0 Å². The summed E-state index contributed by atoms with van der Waals surface area (Å²) in [5, 5.41) is 0. The second kappa shape index (κ2) is 6.57. The molecule has 2 saturated heterocycles. The summed E-state index contributed by atoms with van der Waals surface area (Å²) in [6.45, 7) is 7.16. The molecule has 1 aromatic rings. The normalized spacial score (nSPS) is 23.6. The lowest BCUT2D eigenvalue weighted by Crippen LogP contribution is -2.27. The Morgan fingerprint density at radius 1 is 1.20 bits per heavy atom. The highest BCUT2D eigenvalue weighted by Crippen LogP contribution is 2.37. The number of nitrogens with zero attached hydrogens (tertiary/aromatic N) is 3. The van der Waals surface area contributed by atoms with E-state index in [0.29, 0.717) is 6.04 Å². The fourth-order valence-corrected chi connectivity index (χ4v) is 3.67. The van der Waals surface area contributed by atoms with Crippen LogP contribution in [0, 0.1) is 0 Å². The summed E-state index contributed by atoms with van der Waals surface area (Å²) >= 11 is 0. The third kappa shape index (κ3) is 2.83. The summed E-state index contributed by atoms with van der Waals surface area (Å²) in [7, 11) is 0. The summed E-state index contributed by atoms with van der Waals surface area (Å²) in [6.07, 6.45) is 9.84. The highest BCUT2D eigenvalue weighted by Gasteiger charge is 2.29. The average molecular weight is 273 g/mol. The van der Waals surface area contributed by atoms with Crippen LogP contribution in [0.5, 0.6) is 0 Å². The Labute approximate surface area is 123 Å². The molecule has 0 aromatic carbocycles. The number of unbranched alkanes of at least 4 members (excludes halogenated alkanes) is 1. The molecule has 110 valence electrons. The molecular weight excluding hydrogens is 246 g/mol. The average Bonchev–Trinajstić information content (AvgIpc) is 3.16. The summed E-state index contributed by atoms with van der Waals surface area (Å²) < 4.78 is 0. The lowest BCUT2D eigenvalue weighted by atomic mass is 10.0. The zero-order chi connectivity index (χ0) is 13.8. The number of hydrogen-bond acceptors (Lipinski definition) is 3. The molecule has 0 radical (unpaired) electrons. The van der Waals surface area contributed by atoms with Gasteiger partial charge in [-0.25, -0.2) is 4.98 Å². The number of likely N-dealkylation sites (tertiary alicyclic amines) is 1. The highest BCUT2D eigenvalue weighted by atomic mass is 15.2. The van der Waals surface area contributed by atoms with Crippen LogP contribution in [0.4, 0.5) is 5.82 Å². The van der Waals surface area contributed by atoms with E-state index < -0.39 is 0 Å². The van der Waals surface area contributed by atoms with E-state index >= 15 is 0 Å². The Bertz CT molecular complexity index is 426. The summed E-state index contributed by atoms with van der Waals surface area (Å²) in [5.41, 5.74) is 1.48. The van der Waals surface area contributed by atoms with Crippen molar-refractivity contribution in [3.63, 3.8) is 0 Å². The van der Waals surface area contributed by atoms with Gasteiger partial charge in [0.2, 0.25) is 0 Å². The molecule has 0 aliphatic carbocycles. The fourth-order valence-electron chi connectivity index (χ4n) is 3.67. The van der Waals surface area contributed by atoms with Crippen molar-refractivity contribution in [2.75, 3.05) is 31.1 Å². The van der Waals surface area contributed by atoms with E-state index in [1.54, 1.807) is 0 Å². The van der Waals surface area contributed by atoms with Gasteiger partial charge < -0.3 is 4.90 Å². The largest absolute Gasteiger partial charge is 0.356 e. The maximum atomic E-state index is 4.72.